The number of nitrogens with two attached hydrogens (primary N) is 1. The zero-order chi connectivity index (χ0) is 12.4. The van der Waals surface area contributed by atoms with Crippen LogP contribution in [0.15, 0.2) is 54.0 Å². The number of benzene rings is 1. The first kappa shape index (κ1) is 10.9. The minimum atomic E-state index is 0.750. The van der Waals surface area contributed by atoms with Crippen molar-refractivity contribution in [2.24, 2.45) is 0 Å². The second kappa shape index (κ2) is 4.58. The Balaban J connectivity index is 2.00. The largest absolute Gasteiger partial charge is 0.399 e. The fraction of sp³-hybridized carbons (Fsp3) is 0. The minimum absolute atomic E-state index is 0.750. The van der Waals surface area contributed by atoms with E-state index in [1.165, 1.54) is 0 Å². The predicted molar refractivity (Wildman–Crippen MR) is 75.2 cm³/mol. The van der Waals surface area contributed by atoms with Crippen LogP contribution >= 0.6 is 11.3 Å². The molecule has 18 heavy (non-hydrogen) atoms. The molecule has 2 aromatic heterocycles. The van der Waals surface area contributed by atoms with Gasteiger partial charge in [-0.25, -0.2) is 4.98 Å². The summed E-state index contributed by atoms with van der Waals surface area (Å²) in [6, 6.07) is 13.6. The quantitative estimate of drug-likeness (QED) is 0.712. The molecule has 0 saturated heterocycles. The Hall–Kier alpha value is -2.20. The highest BCUT2D eigenvalue weighted by Gasteiger charge is 2.07. The Morgan fingerprint density at radius 3 is 2.72 bits per heavy atom. The number of anilines is 1. The Morgan fingerprint density at radius 2 is 1.94 bits per heavy atom. The summed E-state index contributed by atoms with van der Waals surface area (Å²) in [6.07, 6.45) is 1.77. The lowest BCUT2D eigenvalue weighted by Crippen LogP contribution is -1.85. The maximum Gasteiger partial charge on any atom is 0.142 e. The van der Waals surface area contributed by atoms with Crippen molar-refractivity contribution in [3.63, 3.8) is 0 Å². The van der Waals surface area contributed by atoms with Crippen molar-refractivity contribution >= 4 is 17.0 Å². The van der Waals surface area contributed by atoms with Crippen LogP contribution in [0.4, 0.5) is 5.69 Å². The molecule has 2 heterocycles. The predicted octanol–water partition coefficient (Wildman–Crippen LogP) is 3.45. The SMILES string of the molecule is Nc1cccc(-c2csc(-c3ccccn3)n2)c1. The van der Waals surface area contributed by atoms with Gasteiger partial charge < -0.3 is 5.73 Å². The molecule has 2 N–H and O–H groups in total. The van der Waals surface area contributed by atoms with Crippen LogP contribution in [-0.4, -0.2) is 9.97 Å². The van der Waals surface area contributed by atoms with Crippen molar-refractivity contribution in [1.82, 2.24) is 9.97 Å². The lowest BCUT2D eigenvalue weighted by Gasteiger charge is -1.98. The molecular formula is C14H11N3S. The van der Waals surface area contributed by atoms with Crippen LogP contribution in [-0.2, 0) is 0 Å². The molecule has 3 rings (SSSR count). The Bertz CT molecular complexity index is 662. The van der Waals surface area contributed by atoms with E-state index in [1.54, 1.807) is 17.5 Å². The highest BCUT2D eigenvalue weighted by molar-refractivity contribution is 7.13. The molecule has 88 valence electrons. The standard InChI is InChI=1S/C14H11N3S/c15-11-5-3-4-10(8-11)13-9-18-14(17-13)12-6-1-2-7-16-12/h1-9H,15H2. The zero-order valence-corrected chi connectivity index (χ0v) is 10.4. The van der Waals surface area contributed by atoms with Crippen molar-refractivity contribution in [3.05, 3.63) is 54.0 Å². The van der Waals surface area contributed by atoms with E-state index in [4.69, 9.17) is 5.73 Å². The third-order valence-electron chi connectivity index (χ3n) is 2.57. The number of nitrogen functional groups attached to an aromatic ring is 1. The topological polar surface area (TPSA) is 51.8 Å². The number of pyridine rings is 1. The zero-order valence-electron chi connectivity index (χ0n) is 9.58. The van der Waals surface area contributed by atoms with Gasteiger partial charge >= 0.3 is 0 Å². The molecule has 1 aromatic carbocycles. The van der Waals surface area contributed by atoms with Gasteiger partial charge in [-0.1, -0.05) is 18.2 Å². The van der Waals surface area contributed by atoms with Crippen molar-refractivity contribution < 1.29 is 0 Å². The molecule has 0 aliphatic heterocycles. The van der Waals surface area contributed by atoms with Crippen LogP contribution < -0.4 is 5.73 Å². The summed E-state index contributed by atoms with van der Waals surface area (Å²) in [5, 5.41) is 2.95. The van der Waals surface area contributed by atoms with Gasteiger partial charge in [-0.3, -0.25) is 4.98 Å². The number of nitrogens with zero attached hydrogens (tertiary/aromatic N) is 2. The van der Waals surface area contributed by atoms with Crippen molar-refractivity contribution in [1.29, 1.82) is 0 Å². The molecule has 0 bridgehead atoms. The average Bonchev–Trinajstić information content (AvgIpc) is 2.89. The fourth-order valence-corrected chi connectivity index (χ4v) is 2.52. The van der Waals surface area contributed by atoms with Crippen molar-refractivity contribution in [2.75, 3.05) is 5.73 Å². The van der Waals surface area contributed by atoms with Gasteiger partial charge in [0.1, 0.15) is 5.01 Å². The Kier molecular flexibility index (Phi) is 2.78. The molecule has 0 fully saturated rings. The van der Waals surface area contributed by atoms with Crippen LogP contribution in [0.3, 0.4) is 0 Å². The first-order chi connectivity index (χ1) is 8.83. The van der Waals surface area contributed by atoms with Gasteiger partial charge in [0.2, 0.25) is 0 Å². The molecule has 0 atom stereocenters. The summed E-state index contributed by atoms with van der Waals surface area (Å²) in [4.78, 5) is 8.89. The summed E-state index contributed by atoms with van der Waals surface area (Å²) < 4.78 is 0. The molecule has 0 unspecified atom stereocenters. The molecule has 3 nitrogen and oxygen atoms in total. The van der Waals surface area contributed by atoms with E-state index in [-0.39, 0.29) is 0 Å². The number of rotatable bonds is 2. The summed E-state index contributed by atoms with van der Waals surface area (Å²) in [7, 11) is 0. The van der Waals surface area contributed by atoms with E-state index < -0.39 is 0 Å². The van der Waals surface area contributed by atoms with Gasteiger partial charge in [0.05, 0.1) is 11.4 Å². The monoisotopic (exact) mass is 253 g/mol. The number of hydrogen-bond donors (Lipinski definition) is 1. The van der Waals surface area contributed by atoms with Gasteiger partial charge in [-0.05, 0) is 24.3 Å². The molecule has 0 aliphatic carbocycles. The van der Waals surface area contributed by atoms with Crippen molar-refractivity contribution in [3.8, 4) is 22.0 Å². The van der Waals surface area contributed by atoms with Crippen LogP contribution in [0.25, 0.3) is 22.0 Å². The molecular weight excluding hydrogens is 242 g/mol. The molecule has 0 spiro atoms. The maximum atomic E-state index is 5.78. The van der Waals surface area contributed by atoms with E-state index in [9.17, 15) is 0 Å². The van der Waals surface area contributed by atoms with Gasteiger partial charge in [-0.2, -0.15) is 0 Å². The maximum absolute atomic E-state index is 5.78. The average molecular weight is 253 g/mol. The fourth-order valence-electron chi connectivity index (χ4n) is 1.71. The van der Waals surface area contributed by atoms with Gasteiger partial charge in [0.25, 0.3) is 0 Å². The summed E-state index contributed by atoms with van der Waals surface area (Å²) in [6.45, 7) is 0. The Labute approximate surface area is 109 Å². The number of thiazole rings is 1. The highest BCUT2D eigenvalue weighted by Crippen LogP contribution is 2.28. The third kappa shape index (κ3) is 2.10. The van der Waals surface area contributed by atoms with E-state index >= 15 is 0 Å². The van der Waals surface area contributed by atoms with E-state index in [1.807, 2.05) is 47.8 Å². The number of aromatic nitrogens is 2. The van der Waals surface area contributed by atoms with Gasteiger partial charge in [-0.15, -0.1) is 11.3 Å². The normalized spacial score (nSPS) is 10.4. The smallest absolute Gasteiger partial charge is 0.142 e. The molecule has 0 saturated carbocycles. The second-order valence-corrected chi connectivity index (χ2v) is 4.74. The second-order valence-electron chi connectivity index (χ2n) is 3.88. The van der Waals surface area contributed by atoms with Crippen LogP contribution in [0.2, 0.25) is 0 Å². The summed E-state index contributed by atoms with van der Waals surface area (Å²) in [5.74, 6) is 0. The molecule has 0 amide bonds. The van der Waals surface area contributed by atoms with E-state index in [2.05, 4.69) is 9.97 Å². The molecule has 4 heteroatoms. The Morgan fingerprint density at radius 1 is 1.00 bits per heavy atom. The van der Waals surface area contributed by atoms with Crippen LogP contribution in [0.5, 0.6) is 0 Å². The van der Waals surface area contributed by atoms with E-state index in [0.717, 1.165) is 27.6 Å². The highest BCUT2D eigenvalue weighted by atomic mass is 32.1. The molecule has 0 aliphatic rings. The number of hydrogen-bond acceptors (Lipinski definition) is 4. The third-order valence-corrected chi connectivity index (χ3v) is 3.44. The lowest BCUT2D eigenvalue weighted by atomic mass is 10.1. The summed E-state index contributed by atoms with van der Waals surface area (Å²) in [5.41, 5.74) is 9.40. The first-order valence-electron chi connectivity index (χ1n) is 5.56. The molecule has 0 radical (unpaired) electrons. The van der Waals surface area contributed by atoms with Crippen molar-refractivity contribution in [2.45, 2.75) is 0 Å². The van der Waals surface area contributed by atoms with Crippen LogP contribution in [0.1, 0.15) is 0 Å². The van der Waals surface area contributed by atoms with Crippen LogP contribution in [0, 0.1) is 0 Å². The molecule has 3 aromatic rings. The van der Waals surface area contributed by atoms with E-state index in [0.29, 0.717) is 0 Å². The van der Waals surface area contributed by atoms with Gasteiger partial charge in [0, 0.05) is 22.8 Å². The summed E-state index contributed by atoms with van der Waals surface area (Å²) >= 11 is 1.59. The minimum Gasteiger partial charge on any atom is -0.399 e. The first-order valence-corrected chi connectivity index (χ1v) is 6.44. The van der Waals surface area contributed by atoms with Gasteiger partial charge in [0.15, 0.2) is 0 Å². The lowest BCUT2D eigenvalue weighted by molar-refractivity contribution is 1.29.